The maximum Gasteiger partial charge on any atom is 0.254 e. The van der Waals surface area contributed by atoms with Crippen LogP contribution in [0.4, 0.5) is 0 Å². The first-order valence-electron chi connectivity index (χ1n) is 6.40. The van der Waals surface area contributed by atoms with E-state index >= 15 is 0 Å². The van der Waals surface area contributed by atoms with E-state index < -0.39 is 5.91 Å². The number of nitriles is 1. The Morgan fingerprint density at radius 2 is 2.29 bits per heavy atom. The largest absolute Gasteiger partial charge is 0.490 e. The van der Waals surface area contributed by atoms with Crippen LogP contribution in [0.15, 0.2) is 36.0 Å². The van der Waals surface area contributed by atoms with E-state index in [9.17, 15) is 4.79 Å². The predicted octanol–water partition coefficient (Wildman–Crippen LogP) is 2.01. The summed E-state index contributed by atoms with van der Waals surface area (Å²) in [6.45, 7) is 6.36. The smallest absolute Gasteiger partial charge is 0.254 e. The van der Waals surface area contributed by atoms with Crippen LogP contribution in [0.5, 0.6) is 11.5 Å². The summed E-state index contributed by atoms with van der Waals surface area (Å²) in [5.74, 6) is 0.749. The molecule has 0 atom stereocenters. The number of amides is 1. The molecule has 0 aliphatic rings. The number of benzene rings is 1. The van der Waals surface area contributed by atoms with Gasteiger partial charge in [-0.15, -0.1) is 0 Å². The molecule has 0 aliphatic carbocycles. The van der Waals surface area contributed by atoms with E-state index in [1.165, 1.54) is 6.21 Å². The molecule has 0 spiro atoms. The molecule has 0 aromatic heterocycles. The third-order valence-electron chi connectivity index (χ3n) is 2.27. The second kappa shape index (κ2) is 9.15. The fourth-order valence-corrected chi connectivity index (χ4v) is 1.43. The average Bonchev–Trinajstić information content (AvgIpc) is 2.47. The zero-order chi connectivity index (χ0) is 15.5. The van der Waals surface area contributed by atoms with Crippen molar-refractivity contribution >= 4 is 12.1 Å². The molecule has 0 heterocycles. The number of ether oxygens (including phenoxy) is 2. The lowest BCUT2D eigenvalue weighted by Crippen LogP contribution is -2.16. The molecule has 1 rings (SSSR count). The lowest BCUT2D eigenvalue weighted by Gasteiger charge is -2.11. The van der Waals surface area contributed by atoms with E-state index in [0.717, 1.165) is 5.56 Å². The number of nitrogens with one attached hydrogen (secondary N) is 1. The van der Waals surface area contributed by atoms with Gasteiger partial charge in [0.2, 0.25) is 0 Å². The molecular weight excluding hydrogens is 270 g/mol. The monoisotopic (exact) mass is 287 g/mol. The maximum atomic E-state index is 11.1. The van der Waals surface area contributed by atoms with E-state index in [-0.39, 0.29) is 6.42 Å². The molecule has 21 heavy (non-hydrogen) atoms. The average molecular weight is 287 g/mol. The first-order chi connectivity index (χ1) is 10.2. The van der Waals surface area contributed by atoms with Crippen LogP contribution in [0.1, 0.15) is 18.9 Å². The minimum atomic E-state index is -0.454. The van der Waals surface area contributed by atoms with Crippen molar-refractivity contribution < 1.29 is 14.3 Å². The first-order valence-corrected chi connectivity index (χ1v) is 6.40. The molecule has 0 aliphatic heterocycles. The van der Waals surface area contributed by atoms with Gasteiger partial charge in [-0.05, 0) is 30.7 Å². The van der Waals surface area contributed by atoms with Crippen LogP contribution in [0, 0.1) is 11.3 Å². The summed E-state index contributed by atoms with van der Waals surface area (Å²) in [4.78, 5) is 11.1. The van der Waals surface area contributed by atoms with Gasteiger partial charge in [0.15, 0.2) is 11.5 Å². The fraction of sp³-hybridized carbons (Fsp3) is 0.267. The van der Waals surface area contributed by atoms with Crippen molar-refractivity contribution in [1.29, 1.82) is 5.26 Å². The highest BCUT2D eigenvalue weighted by molar-refractivity contribution is 5.83. The number of hydrogen-bond donors (Lipinski definition) is 1. The van der Waals surface area contributed by atoms with Crippen LogP contribution in [-0.4, -0.2) is 25.3 Å². The number of hydrazone groups is 1. The standard InChI is InChI=1S/C15H17N3O3/c1-3-9-21-13-6-5-12(10-14(13)20-4-2)11-17-18-15(19)7-8-16/h3,5-6,10-11H,1,4,7,9H2,2H3,(H,18,19). The summed E-state index contributed by atoms with van der Waals surface area (Å²) < 4.78 is 11.0. The van der Waals surface area contributed by atoms with Crippen LogP contribution in [-0.2, 0) is 4.79 Å². The lowest BCUT2D eigenvalue weighted by molar-refractivity contribution is -0.120. The van der Waals surface area contributed by atoms with Crippen LogP contribution in [0.2, 0.25) is 0 Å². The highest BCUT2D eigenvalue weighted by atomic mass is 16.5. The molecule has 110 valence electrons. The SMILES string of the molecule is C=CCOc1ccc(C=NNC(=O)CC#N)cc1OCC. The molecule has 0 fully saturated rings. The van der Waals surface area contributed by atoms with Crippen molar-refractivity contribution in [2.24, 2.45) is 5.10 Å². The molecule has 6 nitrogen and oxygen atoms in total. The number of rotatable bonds is 8. The van der Waals surface area contributed by atoms with Gasteiger partial charge in [0, 0.05) is 0 Å². The van der Waals surface area contributed by atoms with Gasteiger partial charge < -0.3 is 9.47 Å². The molecule has 0 unspecified atom stereocenters. The Morgan fingerprint density at radius 3 is 2.95 bits per heavy atom. The normalized spacial score (nSPS) is 9.90. The lowest BCUT2D eigenvalue weighted by atomic mass is 10.2. The first kappa shape index (κ1) is 16.2. The second-order valence-electron chi connectivity index (χ2n) is 3.87. The van der Waals surface area contributed by atoms with Crippen molar-refractivity contribution in [3.63, 3.8) is 0 Å². The highest BCUT2D eigenvalue weighted by Crippen LogP contribution is 2.28. The minimum absolute atomic E-state index is 0.226. The van der Waals surface area contributed by atoms with E-state index in [1.54, 1.807) is 30.3 Å². The van der Waals surface area contributed by atoms with Crippen LogP contribution in [0.25, 0.3) is 0 Å². The second-order valence-corrected chi connectivity index (χ2v) is 3.87. The summed E-state index contributed by atoms with van der Waals surface area (Å²) in [6, 6.07) is 7.03. The number of carbonyl (C=O) groups is 1. The predicted molar refractivity (Wildman–Crippen MR) is 79.3 cm³/mol. The summed E-state index contributed by atoms with van der Waals surface area (Å²) >= 11 is 0. The zero-order valence-corrected chi connectivity index (χ0v) is 11.8. The fourth-order valence-electron chi connectivity index (χ4n) is 1.43. The zero-order valence-electron chi connectivity index (χ0n) is 11.8. The molecule has 0 bridgehead atoms. The summed E-state index contributed by atoms with van der Waals surface area (Å²) in [5.41, 5.74) is 2.99. The van der Waals surface area contributed by atoms with E-state index in [0.29, 0.717) is 24.7 Å². The summed E-state index contributed by atoms with van der Waals surface area (Å²) in [5, 5.41) is 12.1. The van der Waals surface area contributed by atoms with Gasteiger partial charge in [0.1, 0.15) is 13.0 Å². The Morgan fingerprint density at radius 1 is 1.48 bits per heavy atom. The van der Waals surface area contributed by atoms with Crippen molar-refractivity contribution in [3.8, 4) is 17.6 Å². The maximum absolute atomic E-state index is 11.1. The van der Waals surface area contributed by atoms with Crippen LogP contribution < -0.4 is 14.9 Å². The van der Waals surface area contributed by atoms with Crippen molar-refractivity contribution in [3.05, 3.63) is 36.4 Å². The quantitative estimate of drug-likeness (QED) is 0.450. The van der Waals surface area contributed by atoms with Gasteiger partial charge >= 0.3 is 0 Å². The Labute approximate surface area is 123 Å². The van der Waals surface area contributed by atoms with Crippen LogP contribution >= 0.6 is 0 Å². The third kappa shape index (κ3) is 5.78. The number of hydrogen-bond acceptors (Lipinski definition) is 5. The van der Waals surface area contributed by atoms with Crippen LogP contribution in [0.3, 0.4) is 0 Å². The Balaban J connectivity index is 2.77. The topological polar surface area (TPSA) is 83.7 Å². The van der Waals surface area contributed by atoms with Gasteiger partial charge in [-0.1, -0.05) is 12.7 Å². The van der Waals surface area contributed by atoms with Gasteiger partial charge in [-0.2, -0.15) is 10.4 Å². The summed E-state index contributed by atoms with van der Waals surface area (Å²) in [6.07, 6.45) is 2.89. The van der Waals surface area contributed by atoms with E-state index in [2.05, 4.69) is 17.1 Å². The molecule has 1 amide bonds. The molecule has 1 aromatic rings. The molecule has 6 heteroatoms. The van der Waals surface area contributed by atoms with Gasteiger partial charge in [0.05, 0.1) is 18.9 Å². The molecule has 1 aromatic carbocycles. The molecule has 1 N–H and O–H groups in total. The van der Waals surface area contributed by atoms with Gasteiger partial charge in [0.25, 0.3) is 5.91 Å². The van der Waals surface area contributed by atoms with E-state index in [4.69, 9.17) is 14.7 Å². The Hall–Kier alpha value is -2.81. The number of carbonyl (C=O) groups excluding carboxylic acids is 1. The minimum Gasteiger partial charge on any atom is -0.490 e. The molecule has 0 saturated carbocycles. The third-order valence-corrected chi connectivity index (χ3v) is 2.27. The molecule has 0 radical (unpaired) electrons. The van der Waals surface area contributed by atoms with Crippen molar-refractivity contribution in [1.82, 2.24) is 5.43 Å². The summed E-state index contributed by atoms with van der Waals surface area (Å²) in [7, 11) is 0. The van der Waals surface area contributed by atoms with E-state index in [1.807, 2.05) is 6.92 Å². The number of nitrogens with zero attached hydrogens (tertiary/aromatic N) is 2. The van der Waals surface area contributed by atoms with Crippen molar-refractivity contribution in [2.45, 2.75) is 13.3 Å². The molecular formula is C15H17N3O3. The highest BCUT2D eigenvalue weighted by Gasteiger charge is 2.05. The molecule has 0 saturated heterocycles. The van der Waals surface area contributed by atoms with Crippen molar-refractivity contribution in [2.75, 3.05) is 13.2 Å². The van der Waals surface area contributed by atoms with Gasteiger partial charge in [-0.25, -0.2) is 5.43 Å². The Bertz CT molecular complexity index is 562. The Kier molecular flexibility index (Phi) is 7.08. The van der Waals surface area contributed by atoms with Gasteiger partial charge in [-0.3, -0.25) is 4.79 Å².